The zero-order chi connectivity index (χ0) is 17.3. The molecule has 1 aromatic rings. The van der Waals surface area contributed by atoms with Crippen molar-refractivity contribution < 1.29 is 13.2 Å². The van der Waals surface area contributed by atoms with E-state index >= 15 is 0 Å². The number of nitriles is 2. The molecular formula is C15H17N3O3S2. The second-order valence-electron chi connectivity index (χ2n) is 4.86. The number of hydrogen-bond acceptors (Lipinski definition) is 6. The quantitative estimate of drug-likeness (QED) is 0.567. The Balaban J connectivity index is 2.33. The van der Waals surface area contributed by atoms with Gasteiger partial charge < -0.3 is 0 Å². The van der Waals surface area contributed by atoms with E-state index in [1.807, 2.05) is 16.9 Å². The minimum atomic E-state index is -3.48. The van der Waals surface area contributed by atoms with Crippen molar-refractivity contribution in [2.75, 3.05) is 12.0 Å². The Morgan fingerprint density at radius 2 is 1.96 bits per heavy atom. The van der Waals surface area contributed by atoms with Crippen LogP contribution in [0.4, 0.5) is 0 Å². The van der Waals surface area contributed by atoms with Crippen LogP contribution in [-0.4, -0.2) is 26.3 Å². The van der Waals surface area contributed by atoms with Gasteiger partial charge in [0.15, 0.2) is 0 Å². The van der Waals surface area contributed by atoms with E-state index in [0.717, 1.165) is 29.7 Å². The third-order valence-electron chi connectivity index (χ3n) is 2.86. The van der Waals surface area contributed by atoms with Crippen molar-refractivity contribution in [1.29, 1.82) is 10.5 Å². The van der Waals surface area contributed by atoms with Gasteiger partial charge in [-0.15, -0.1) is 11.8 Å². The maximum Gasteiger partial charge on any atom is 0.233 e. The SMILES string of the molecule is CS(=O)(=O)NC(=O)CCCCCSc1cccc(C#N)c1C#N. The van der Waals surface area contributed by atoms with E-state index in [0.29, 0.717) is 17.5 Å². The van der Waals surface area contributed by atoms with E-state index in [1.54, 1.807) is 12.1 Å². The third-order valence-corrected chi connectivity index (χ3v) is 4.61. The molecule has 0 aromatic heterocycles. The Labute approximate surface area is 140 Å². The van der Waals surface area contributed by atoms with Gasteiger partial charge in [0.2, 0.25) is 15.9 Å². The van der Waals surface area contributed by atoms with Crippen LogP contribution in [0.1, 0.15) is 36.8 Å². The van der Waals surface area contributed by atoms with Crippen molar-refractivity contribution in [3.05, 3.63) is 29.3 Å². The summed E-state index contributed by atoms with van der Waals surface area (Å²) in [5.41, 5.74) is 0.766. The maximum atomic E-state index is 11.3. The lowest BCUT2D eigenvalue weighted by molar-refractivity contribution is -0.119. The average Bonchev–Trinajstić information content (AvgIpc) is 2.48. The summed E-state index contributed by atoms with van der Waals surface area (Å²) in [6, 6.07) is 9.22. The molecule has 0 saturated carbocycles. The number of sulfonamides is 1. The molecular weight excluding hydrogens is 334 g/mol. The van der Waals surface area contributed by atoms with Crippen molar-refractivity contribution in [3.63, 3.8) is 0 Å². The summed E-state index contributed by atoms with van der Waals surface area (Å²) in [4.78, 5) is 12.1. The molecule has 0 radical (unpaired) electrons. The first-order valence-electron chi connectivity index (χ1n) is 6.94. The fourth-order valence-electron chi connectivity index (χ4n) is 1.86. The number of rotatable bonds is 8. The topological polar surface area (TPSA) is 111 Å². The molecule has 1 aromatic carbocycles. The van der Waals surface area contributed by atoms with Crippen LogP contribution < -0.4 is 4.72 Å². The molecule has 0 spiro atoms. The summed E-state index contributed by atoms with van der Waals surface area (Å²) < 4.78 is 23.6. The number of nitrogens with one attached hydrogen (secondary N) is 1. The first-order chi connectivity index (χ1) is 10.9. The second-order valence-corrected chi connectivity index (χ2v) is 7.74. The Bertz CT molecular complexity index is 746. The molecule has 0 heterocycles. The average molecular weight is 351 g/mol. The first-order valence-corrected chi connectivity index (χ1v) is 9.81. The molecule has 0 aliphatic carbocycles. The normalized spacial score (nSPS) is 10.6. The van der Waals surface area contributed by atoms with E-state index < -0.39 is 15.9 Å². The highest BCUT2D eigenvalue weighted by Gasteiger charge is 2.09. The minimum absolute atomic E-state index is 0.172. The second kappa shape index (κ2) is 9.19. The van der Waals surface area contributed by atoms with E-state index in [1.165, 1.54) is 11.8 Å². The summed E-state index contributed by atoms with van der Waals surface area (Å²) in [5.74, 6) is 0.269. The van der Waals surface area contributed by atoms with Gasteiger partial charge in [0.05, 0.1) is 17.4 Å². The van der Waals surface area contributed by atoms with Gasteiger partial charge in [-0.25, -0.2) is 8.42 Å². The number of carbonyl (C=O) groups is 1. The molecule has 0 atom stereocenters. The minimum Gasteiger partial charge on any atom is -0.274 e. The summed E-state index contributed by atoms with van der Waals surface area (Å²) in [6.07, 6.45) is 3.34. The number of unbranched alkanes of at least 4 members (excludes halogenated alkanes) is 2. The van der Waals surface area contributed by atoms with Crippen molar-refractivity contribution in [1.82, 2.24) is 4.72 Å². The zero-order valence-electron chi connectivity index (χ0n) is 12.7. The molecule has 0 aliphatic heterocycles. The molecule has 23 heavy (non-hydrogen) atoms. The van der Waals surface area contributed by atoms with Gasteiger partial charge in [-0.2, -0.15) is 10.5 Å². The van der Waals surface area contributed by atoms with Gasteiger partial charge >= 0.3 is 0 Å². The molecule has 122 valence electrons. The van der Waals surface area contributed by atoms with Crippen molar-refractivity contribution in [2.45, 2.75) is 30.6 Å². The molecule has 0 saturated heterocycles. The Kier molecular flexibility index (Phi) is 7.60. The number of benzene rings is 1. The van der Waals surface area contributed by atoms with Crippen LogP contribution in [0.15, 0.2) is 23.1 Å². The van der Waals surface area contributed by atoms with Gasteiger partial charge in [-0.05, 0) is 30.7 Å². The number of hydrogen-bond donors (Lipinski definition) is 1. The predicted molar refractivity (Wildman–Crippen MR) is 88.1 cm³/mol. The molecule has 6 nitrogen and oxygen atoms in total. The van der Waals surface area contributed by atoms with E-state index in [4.69, 9.17) is 10.5 Å². The monoisotopic (exact) mass is 351 g/mol. The highest BCUT2D eigenvalue weighted by Crippen LogP contribution is 2.25. The van der Waals surface area contributed by atoms with Crippen LogP contribution in [0.2, 0.25) is 0 Å². The summed E-state index contributed by atoms with van der Waals surface area (Å²) in [5, 5.41) is 18.1. The molecule has 1 N–H and O–H groups in total. The Morgan fingerprint density at radius 1 is 1.22 bits per heavy atom. The van der Waals surface area contributed by atoms with Gasteiger partial charge in [0.1, 0.15) is 12.1 Å². The van der Waals surface area contributed by atoms with Gasteiger partial charge in [0, 0.05) is 11.3 Å². The van der Waals surface area contributed by atoms with Gasteiger partial charge in [0.25, 0.3) is 0 Å². The summed E-state index contributed by atoms with van der Waals surface area (Å²) >= 11 is 1.50. The van der Waals surface area contributed by atoms with Crippen LogP contribution in [0.3, 0.4) is 0 Å². The lowest BCUT2D eigenvalue weighted by atomic mass is 10.1. The van der Waals surface area contributed by atoms with Crippen LogP contribution >= 0.6 is 11.8 Å². The summed E-state index contributed by atoms with van der Waals surface area (Å²) in [7, 11) is -3.48. The lowest BCUT2D eigenvalue weighted by Gasteiger charge is -2.05. The number of nitrogens with zero attached hydrogens (tertiary/aromatic N) is 2. The maximum absolute atomic E-state index is 11.3. The number of thioether (sulfide) groups is 1. The zero-order valence-corrected chi connectivity index (χ0v) is 14.3. The van der Waals surface area contributed by atoms with Crippen LogP contribution in [0.5, 0.6) is 0 Å². The lowest BCUT2D eigenvalue weighted by Crippen LogP contribution is -2.28. The third kappa shape index (κ3) is 7.18. The standard InChI is InChI=1S/C15H17N3O3S2/c1-23(20,21)18-15(19)8-3-2-4-9-22-14-7-5-6-12(10-16)13(14)11-17/h5-7H,2-4,8-9H2,1H3,(H,18,19). The van der Waals surface area contributed by atoms with Crippen LogP contribution in [0.25, 0.3) is 0 Å². The fraction of sp³-hybridized carbons (Fsp3) is 0.400. The Morgan fingerprint density at radius 3 is 2.57 bits per heavy atom. The van der Waals surface area contributed by atoms with E-state index in [-0.39, 0.29) is 6.42 Å². The van der Waals surface area contributed by atoms with Crippen molar-refractivity contribution >= 4 is 27.7 Å². The van der Waals surface area contributed by atoms with Crippen LogP contribution in [0, 0.1) is 22.7 Å². The largest absolute Gasteiger partial charge is 0.274 e. The van der Waals surface area contributed by atoms with E-state index in [2.05, 4.69) is 6.07 Å². The number of carbonyl (C=O) groups excluding carboxylic acids is 1. The summed E-state index contributed by atoms with van der Waals surface area (Å²) in [6.45, 7) is 0. The molecule has 1 amide bonds. The molecule has 0 fully saturated rings. The molecule has 1 rings (SSSR count). The molecule has 0 aliphatic rings. The molecule has 0 unspecified atom stereocenters. The highest BCUT2D eigenvalue weighted by molar-refractivity contribution is 7.99. The van der Waals surface area contributed by atoms with E-state index in [9.17, 15) is 13.2 Å². The van der Waals surface area contributed by atoms with Crippen LogP contribution in [-0.2, 0) is 14.8 Å². The first kappa shape index (κ1) is 19.0. The predicted octanol–water partition coefficient (Wildman–Crippen LogP) is 2.16. The van der Waals surface area contributed by atoms with Crippen molar-refractivity contribution in [2.24, 2.45) is 0 Å². The smallest absolute Gasteiger partial charge is 0.233 e. The van der Waals surface area contributed by atoms with Gasteiger partial charge in [-0.3, -0.25) is 9.52 Å². The number of amides is 1. The molecule has 8 heteroatoms. The Hall–Kier alpha value is -2.03. The molecule has 0 bridgehead atoms. The van der Waals surface area contributed by atoms with Crippen molar-refractivity contribution in [3.8, 4) is 12.1 Å². The fourth-order valence-corrected chi connectivity index (χ4v) is 3.42. The van der Waals surface area contributed by atoms with Gasteiger partial charge in [-0.1, -0.05) is 12.5 Å². The highest BCUT2D eigenvalue weighted by atomic mass is 32.2.